The van der Waals surface area contributed by atoms with E-state index in [0.29, 0.717) is 29.9 Å². The number of aromatic nitrogens is 1. The standard InChI is InChI=1S/C20H25N3O5S3/c1-4-13-23-18-12-11-17(14-19(18)29-20(23)24)30(25,26)21-15-7-9-16(10-8-15)31(27,28)22(5-2)6-3/h7-12,14,21H,4-6,13H2,1-3H3. The second-order valence-corrected chi connectivity index (χ2v) is 11.5. The van der Waals surface area contributed by atoms with Crippen LogP contribution in [-0.4, -0.2) is 38.8 Å². The van der Waals surface area contributed by atoms with Gasteiger partial charge in [-0.05, 0) is 48.9 Å². The van der Waals surface area contributed by atoms with E-state index in [-0.39, 0.29) is 20.4 Å². The zero-order chi connectivity index (χ0) is 22.8. The van der Waals surface area contributed by atoms with E-state index in [1.54, 1.807) is 24.5 Å². The third-order valence-electron chi connectivity index (χ3n) is 4.85. The van der Waals surface area contributed by atoms with Crippen molar-refractivity contribution in [3.05, 3.63) is 52.1 Å². The average Bonchev–Trinajstić information content (AvgIpc) is 3.03. The number of anilines is 1. The van der Waals surface area contributed by atoms with E-state index >= 15 is 0 Å². The molecule has 31 heavy (non-hydrogen) atoms. The van der Waals surface area contributed by atoms with Crippen LogP contribution in [0.15, 0.2) is 57.1 Å². The zero-order valence-electron chi connectivity index (χ0n) is 17.5. The van der Waals surface area contributed by atoms with Crippen LogP contribution in [0.25, 0.3) is 10.2 Å². The van der Waals surface area contributed by atoms with Gasteiger partial charge in [0.25, 0.3) is 10.0 Å². The Kier molecular flexibility index (Phi) is 6.89. The van der Waals surface area contributed by atoms with Crippen molar-refractivity contribution in [3.8, 4) is 0 Å². The molecule has 0 radical (unpaired) electrons. The van der Waals surface area contributed by atoms with Crippen molar-refractivity contribution in [2.75, 3.05) is 17.8 Å². The van der Waals surface area contributed by atoms with Gasteiger partial charge in [-0.1, -0.05) is 32.1 Å². The monoisotopic (exact) mass is 483 g/mol. The highest BCUT2D eigenvalue weighted by Crippen LogP contribution is 2.25. The van der Waals surface area contributed by atoms with Gasteiger partial charge in [0.1, 0.15) is 0 Å². The molecule has 1 aromatic heterocycles. The Balaban J connectivity index is 1.88. The van der Waals surface area contributed by atoms with Gasteiger partial charge in [-0.25, -0.2) is 16.8 Å². The number of aryl methyl sites for hydroxylation is 1. The van der Waals surface area contributed by atoms with Crippen LogP contribution in [-0.2, 0) is 26.6 Å². The molecule has 0 atom stereocenters. The van der Waals surface area contributed by atoms with Crippen molar-refractivity contribution in [1.82, 2.24) is 8.87 Å². The summed E-state index contributed by atoms with van der Waals surface area (Å²) in [5.74, 6) is 0. The minimum atomic E-state index is -3.91. The largest absolute Gasteiger partial charge is 0.308 e. The van der Waals surface area contributed by atoms with E-state index < -0.39 is 20.0 Å². The maximum atomic E-state index is 12.8. The minimum absolute atomic E-state index is 0.0322. The number of fused-ring (bicyclic) bond motifs is 1. The van der Waals surface area contributed by atoms with Crippen LogP contribution in [0.5, 0.6) is 0 Å². The highest BCUT2D eigenvalue weighted by atomic mass is 32.2. The highest BCUT2D eigenvalue weighted by molar-refractivity contribution is 7.92. The summed E-state index contributed by atoms with van der Waals surface area (Å²) in [7, 11) is -7.53. The summed E-state index contributed by atoms with van der Waals surface area (Å²) in [4.78, 5) is 12.2. The molecule has 2 aromatic carbocycles. The van der Waals surface area contributed by atoms with Crippen molar-refractivity contribution >= 4 is 47.3 Å². The molecule has 168 valence electrons. The first-order chi connectivity index (χ1) is 14.6. The molecule has 3 rings (SSSR count). The number of nitrogens with one attached hydrogen (secondary N) is 1. The van der Waals surface area contributed by atoms with Gasteiger partial charge in [0.15, 0.2) is 0 Å². The fourth-order valence-corrected chi connectivity index (χ4v) is 6.84. The van der Waals surface area contributed by atoms with Gasteiger partial charge in [0.05, 0.1) is 20.0 Å². The average molecular weight is 484 g/mol. The van der Waals surface area contributed by atoms with Crippen LogP contribution in [0.4, 0.5) is 5.69 Å². The highest BCUT2D eigenvalue weighted by Gasteiger charge is 2.22. The number of sulfonamides is 2. The number of hydrogen-bond donors (Lipinski definition) is 1. The minimum Gasteiger partial charge on any atom is -0.299 e. The lowest BCUT2D eigenvalue weighted by atomic mass is 10.3. The molecular formula is C20H25N3O5S3. The Morgan fingerprint density at radius 2 is 1.55 bits per heavy atom. The first-order valence-electron chi connectivity index (χ1n) is 9.90. The van der Waals surface area contributed by atoms with Crippen molar-refractivity contribution in [2.24, 2.45) is 0 Å². The SMILES string of the molecule is CCCn1c(=O)sc2cc(S(=O)(=O)Nc3ccc(S(=O)(=O)N(CC)CC)cc3)ccc21. The second-order valence-electron chi connectivity index (χ2n) is 6.87. The van der Waals surface area contributed by atoms with Crippen LogP contribution in [0, 0.1) is 0 Å². The second kappa shape index (κ2) is 9.11. The van der Waals surface area contributed by atoms with E-state index in [2.05, 4.69) is 4.72 Å². The Hall–Kier alpha value is -2.21. The molecule has 0 aliphatic rings. The molecule has 1 N–H and O–H groups in total. The van der Waals surface area contributed by atoms with Crippen LogP contribution in [0.2, 0.25) is 0 Å². The van der Waals surface area contributed by atoms with Crippen LogP contribution < -0.4 is 9.60 Å². The first-order valence-corrected chi connectivity index (χ1v) is 13.6. The van der Waals surface area contributed by atoms with E-state index in [1.807, 2.05) is 6.92 Å². The molecule has 11 heteroatoms. The molecule has 0 fully saturated rings. The molecule has 0 amide bonds. The summed E-state index contributed by atoms with van der Waals surface area (Å²) < 4.78 is 56.8. The fraction of sp³-hybridized carbons (Fsp3) is 0.350. The van der Waals surface area contributed by atoms with E-state index in [1.165, 1.54) is 40.7 Å². The summed E-state index contributed by atoms with van der Waals surface area (Å²) in [6.07, 6.45) is 0.799. The third-order valence-corrected chi connectivity index (χ3v) is 9.23. The quantitative estimate of drug-likeness (QED) is 0.503. The number of hydrogen-bond acceptors (Lipinski definition) is 6. The Bertz CT molecular complexity index is 1340. The topological polar surface area (TPSA) is 106 Å². The van der Waals surface area contributed by atoms with Crippen molar-refractivity contribution in [2.45, 2.75) is 43.5 Å². The van der Waals surface area contributed by atoms with Crippen molar-refractivity contribution in [3.63, 3.8) is 0 Å². The molecule has 0 bridgehead atoms. The number of rotatable bonds is 9. The maximum absolute atomic E-state index is 12.8. The summed E-state index contributed by atoms with van der Waals surface area (Å²) in [5, 5.41) is 0. The Morgan fingerprint density at radius 3 is 2.13 bits per heavy atom. The normalized spacial score (nSPS) is 12.5. The predicted molar refractivity (Wildman–Crippen MR) is 124 cm³/mol. The van der Waals surface area contributed by atoms with Gasteiger partial charge >= 0.3 is 4.87 Å². The molecule has 1 heterocycles. The molecular weight excluding hydrogens is 458 g/mol. The van der Waals surface area contributed by atoms with Gasteiger partial charge in [0, 0.05) is 25.3 Å². The van der Waals surface area contributed by atoms with Gasteiger partial charge < -0.3 is 0 Å². The fourth-order valence-electron chi connectivity index (χ4n) is 3.27. The summed E-state index contributed by atoms with van der Waals surface area (Å²) in [6.45, 7) is 6.76. The third kappa shape index (κ3) is 4.69. The molecule has 3 aromatic rings. The number of nitrogens with zero attached hydrogens (tertiary/aromatic N) is 2. The Labute approximate surface area is 186 Å². The number of benzene rings is 2. The molecule has 0 saturated heterocycles. The molecule has 0 saturated carbocycles. The smallest absolute Gasteiger partial charge is 0.299 e. The lowest BCUT2D eigenvalue weighted by Gasteiger charge is -2.18. The summed E-state index contributed by atoms with van der Waals surface area (Å²) >= 11 is 1.01. The van der Waals surface area contributed by atoms with Gasteiger partial charge in [0.2, 0.25) is 10.0 Å². The molecule has 0 unspecified atom stereocenters. The summed E-state index contributed by atoms with van der Waals surface area (Å²) in [6, 6.07) is 10.2. The van der Waals surface area contributed by atoms with Gasteiger partial charge in [-0.2, -0.15) is 4.31 Å². The molecule has 8 nitrogen and oxygen atoms in total. The molecule has 0 spiro atoms. The predicted octanol–water partition coefficient (Wildman–Crippen LogP) is 3.30. The Morgan fingerprint density at radius 1 is 0.935 bits per heavy atom. The van der Waals surface area contributed by atoms with Gasteiger partial charge in [-0.15, -0.1) is 0 Å². The van der Waals surface area contributed by atoms with E-state index in [4.69, 9.17) is 0 Å². The zero-order valence-corrected chi connectivity index (χ0v) is 20.0. The van der Waals surface area contributed by atoms with E-state index in [0.717, 1.165) is 17.8 Å². The number of thiazole rings is 1. The summed E-state index contributed by atoms with van der Waals surface area (Å²) in [5.41, 5.74) is 0.956. The first kappa shape index (κ1) is 23.5. The lowest BCUT2D eigenvalue weighted by molar-refractivity contribution is 0.445. The van der Waals surface area contributed by atoms with E-state index in [9.17, 15) is 21.6 Å². The molecule has 0 aliphatic carbocycles. The van der Waals surface area contributed by atoms with Crippen molar-refractivity contribution in [1.29, 1.82) is 0 Å². The van der Waals surface area contributed by atoms with Gasteiger partial charge in [-0.3, -0.25) is 14.1 Å². The molecule has 0 aliphatic heterocycles. The lowest BCUT2D eigenvalue weighted by Crippen LogP contribution is -2.30. The van der Waals surface area contributed by atoms with Crippen LogP contribution in [0.3, 0.4) is 0 Å². The van der Waals surface area contributed by atoms with Crippen molar-refractivity contribution < 1.29 is 16.8 Å². The maximum Gasteiger partial charge on any atom is 0.308 e. The van der Waals surface area contributed by atoms with Crippen LogP contribution >= 0.6 is 11.3 Å². The van der Waals surface area contributed by atoms with Crippen LogP contribution in [0.1, 0.15) is 27.2 Å².